The molecule has 2 heterocycles. The van der Waals surface area contributed by atoms with Crippen LogP contribution >= 0.6 is 0 Å². The lowest BCUT2D eigenvalue weighted by atomic mass is 10.0. The summed E-state index contributed by atoms with van der Waals surface area (Å²) in [4.78, 5) is 4.90. The molecule has 0 N–H and O–H groups in total. The maximum atomic E-state index is 5.17. The van der Waals surface area contributed by atoms with Crippen LogP contribution in [-0.2, 0) is 9.57 Å². The first-order valence-electron chi connectivity index (χ1n) is 3.23. The summed E-state index contributed by atoms with van der Waals surface area (Å²) in [5.41, 5.74) is 1.10. The van der Waals surface area contributed by atoms with E-state index in [1.165, 1.54) is 0 Å². The molecular formula is C6H9NO2. The Labute approximate surface area is 53.6 Å². The van der Waals surface area contributed by atoms with Gasteiger partial charge in [-0.05, 0) is 6.42 Å². The lowest BCUT2D eigenvalue weighted by molar-refractivity contribution is 0.120. The Morgan fingerprint density at radius 1 is 1.56 bits per heavy atom. The third kappa shape index (κ3) is 0.812. The zero-order valence-corrected chi connectivity index (χ0v) is 5.17. The molecular weight excluding hydrogens is 118 g/mol. The molecule has 0 radical (unpaired) electrons. The summed E-state index contributed by atoms with van der Waals surface area (Å²) in [6.07, 6.45) is 1.08. The summed E-state index contributed by atoms with van der Waals surface area (Å²) in [7, 11) is 0. The fraction of sp³-hybridized carbons (Fsp3) is 0.833. The molecule has 50 valence electrons. The maximum absolute atomic E-state index is 5.17. The molecule has 0 bridgehead atoms. The van der Waals surface area contributed by atoms with Crippen molar-refractivity contribution in [3.05, 3.63) is 0 Å². The topological polar surface area (TPSA) is 30.8 Å². The molecule has 0 aromatic carbocycles. The van der Waals surface area contributed by atoms with Crippen LogP contribution in [0.2, 0.25) is 0 Å². The van der Waals surface area contributed by atoms with E-state index in [-0.39, 0.29) is 0 Å². The molecule has 1 saturated heterocycles. The van der Waals surface area contributed by atoms with E-state index in [9.17, 15) is 0 Å². The second-order valence-corrected chi connectivity index (χ2v) is 2.42. The summed E-state index contributed by atoms with van der Waals surface area (Å²) in [6, 6.07) is 0. The van der Waals surface area contributed by atoms with Crippen molar-refractivity contribution in [2.45, 2.75) is 6.42 Å². The van der Waals surface area contributed by atoms with Gasteiger partial charge in [0.15, 0.2) is 0 Å². The third-order valence-electron chi connectivity index (χ3n) is 1.79. The summed E-state index contributed by atoms with van der Waals surface area (Å²) >= 11 is 0. The van der Waals surface area contributed by atoms with Crippen molar-refractivity contribution in [1.82, 2.24) is 0 Å². The number of hydrogen-bond acceptors (Lipinski definition) is 3. The van der Waals surface area contributed by atoms with Gasteiger partial charge in [-0.1, -0.05) is 5.16 Å². The van der Waals surface area contributed by atoms with Crippen molar-refractivity contribution < 1.29 is 9.57 Å². The van der Waals surface area contributed by atoms with Gasteiger partial charge in [0.1, 0.15) is 6.61 Å². The van der Waals surface area contributed by atoms with Crippen LogP contribution in [0.15, 0.2) is 5.16 Å². The van der Waals surface area contributed by atoms with E-state index >= 15 is 0 Å². The molecule has 9 heavy (non-hydrogen) atoms. The Kier molecular flexibility index (Phi) is 1.16. The Morgan fingerprint density at radius 2 is 2.56 bits per heavy atom. The average Bonchev–Trinajstić information content (AvgIpc) is 2.33. The summed E-state index contributed by atoms with van der Waals surface area (Å²) < 4.78 is 5.17. The van der Waals surface area contributed by atoms with Gasteiger partial charge < -0.3 is 9.57 Å². The number of oxime groups is 1. The van der Waals surface area contributed by atoms with E-state index in [0.29, 0.717) is 12.5 Å². The van der Waals surface area contributed by atoms with Crippen molar-refractivity contribution in [3.8, 4) is 0 Å². The molecule has 2 aliphatic heterocycles. The largest absolute Gasteiger partial charge is 0.395 e. The van der Waals surface area contributed by atoms with Gasteiger partial charge in [-0.25, -0.2) is 0 Å². The van der Waals surface area contributed by atoms with Gasteiger partial charge in [-0.2, -0.15) is 0 Å². The molecule has 0 aromatic heterocycles. The summed E-state index contributed by atoms with van der Waals surface area (Å²) in [5.74, 6) is 0.568. The zero-order valence-electron chi connectivity index (χ0n) is 5.17. The second kappa shape index (κ2) is 1.99. The fourth-order valence-corrected chi connectivity index (χ4v) is 1.18. The summed E-state index contributed by atoms with van der Waals surface area (Å²) in [6.45, 7) is 2.33. The molecule has 2 aliphatic rings. The highest BCUT2D eigenvalue weighted by Crippen LogP contribution is 2.17. The minimum atomic E-state index is 0.568. The van der Waals surface area contributed by atoms with E-state index in [2.05, 4.69) is 5.16 Å². The highest BCUT2D eigenvalue weighted by atomic mass is 16.6. The van der Waals surface area contributed by atoms with Crippen molar-refractivity contribution >= 4 is 5.71 Å². The van der Waals surface area contributed by atoms with Gasteiger partial charge in [-0.15, -0.1) is 0 Å². The van der Waals surface area contributed by atoms with Crippen LogP contribution in [0.4, 0.5) is 0 Å². The first-order valence-corrected chi connectivity index (χ1v) is 3.23. The first-order chi connectivity index (χ1) is 4.47. The van der Waals surface area contributed by atoms with Gasteiger partial charge in [0.25, 0.3) is 0 Å². The predicted molar refractivity (Wildman–Crippen MR) is 32.3 cm³/mol. The smallest absolute Gasteiger partial charge is 0.125 e. The van der Waals surface area contributed by atoms with Crippen molar-refractivity contribution in [2.24, 2.45) is 11.1 Å². The SMILES string of the molecule is C1C[C@H]2CON=C2CO1. The molecule has 3 nitrogen and oxygen atoms in total. The lowest BCUT2D eigenvalue weighted by Gasteiger charge is -2.15. The molecule has 0 aromatic rings. The monoisotopic (exact) mass is 127 g/mol. The van der Waals surface area contributed by atoms with Gasteiger partial charge in [0, 0.05) is 12.5 Å². The quantitative estimate of drug-likeness (QED) is 0.472. The molecule has 0 spiro atoms. The Morgan fingerprint density at radius 3 is 3.44 bits per heavy atom. The molecule has 0 unspecified atom stereocenters. The molecule has 0 saturated carbocycles. The molecule has 0 aliphatic carbocycles. The van der Waals surface area contributed by atoms with E-state index in [1.54, 1.807) is 0 Å². The van der Waals surface area contributed by atoms with E-state index in [1.807, 2.05) is 0 Å². The zero-order chi connectivity index (χ0) is 6.10. The molecule has 3 heteroatoms. The lowest BCUT2D eigenvalue weighted by Crippen LogP contribution is -2.26. The Bertz CT molecular complexity index is 144. The van der Waals surface area contributed by atoms with E-state index in [4.69, 9.17) is 9.57 Å². The molecule has 2 rings (SSSR count). The minimum Gasteiger partial charge on any atom is -0.395 e. The van der Waals surface area contributed by atoms with Crippen LogP contribution in [0.1, 0.15) is 6.42 Å². The fourth-order valence-electron chi connectivity index (χ4n) is 1.18. The van der Waals surface area contributed by atoms with E-state index < -0.39 is 0 Å². The number of rotatable bonds is 0. The van der Waals surface area contributed by atoms with Crippen LogP contribution in [0.5, 0.6) is 0 Å². The first kappa shape index (κ1) is 5.23. The van der Waals surface area contributed by atoms with Gasteiger partial charge in [0.2, 0.25) is 0 Å². The minimum absolute atomic E-state index is 0.568. The van der Waals surface area contributed by atoms with E-state index in [0.717, 1.165) is 25.3 Å². The number of nitrogens with zero attached hydrogens (tertiary/aromatic N) is 1. The molecule has 0 amide bonds. The maximum Gasteiger partial charge on any atom is 0.125 e. The van der Waals surface area contributed by atoms with Crippen LogP contribution in [-0.4, -0.2) is 25.5 Å². The van der Waals surface area contributed by atoms with Crippen molar-refractivity contribution in [3.63, 3.8) is 0 Å². The number of hydrogen-bond donors (Lipinski definition) is 0. The van der Waals surface area contributed by atoms with Crippen LogP contribution < -0.4 is 0 Å². The van der Waals surface area contributed by atoms with Crippen LogP contribution in [0.25, 0.3) is 0 Å². The van der Waals surface area contributed by atoms with Gasteiger partial charge in [0.05, 0.1) is 12.3 Å². The molecule has 1 atom stereocenters. The standard InChI is InChI=1S/C6H9NO2/c1-2-8-4-6-5(1)3-9-7-6/h5H,1-4H2/t5-/m0/s1. The second-order valence-electron chi connectivity index (χ2n) is 2.42. The molecule has 1 fully saturated rings. The predicted octanol–water partition coefficient (Wildman–Crippen LogP) is 0.409. The van der Waals surface area contributed by atoms with Crippen molar-refractivity contribution in [2.75, 3.05) is 19.8 Å². The highest BCUT2D eigenvalue weighted by Gasteiger charge is 2.26. The van der Waals surface area contributed by atoms with Crippen LogP contribution in [0.3, 0.4) is 0 Å². The highest BCUT2D eigenvalue weighted by molar-refractivity contribution is 5.89. The third-order valence-corrected chi connectivity index (χ3v) is 1.79. The normalized spacial score (nSPS) is 32.9. The van der Waals surface area contributed by atoms with Gasteiger partial charge >= 0.3 is 0 Å². The van der Waals surface area contributed by atoms with Crippen molar-refractivity contribution in [1.29, 1.82) is 0 Å². The Balaban J connectivity index is 2.09. The number of fused-ring (bicyclic) bond motifs is 1. The van der Waals surface area contributed by atoms with Gasteiger partial charge in [-0.3, -0.25) is 0 Å². The van der Waals surface area contributed by atoms with Crippen LogP contribution in [0, 0.1) is 5.92 Å². The summed E-state index contributed by atoms with van der Waals surface area (Å²) in [5, 5.41) is 3.85. The number of ether oxygens (including phenoxy) is 1. The average molecular weight is 127 g/mol. The Hall–Kier alpha value is -0.570.